The molecule has 3 rings (SSSR count). The topological polar surface area (TPSA) is 53.5 Å². The molecule has 0 unspecified atom stereocenters. The van der Waals surface area contributed by atoms with Gasteiger partial charge in [-0.3, -0.25) is 14.5 Å². The SMILES string of the molecule is CCc1ccc2nc(N(CCCN(C)C)C(=O)c3ccc(C(C)=O)cc3)sc2c1. The lowest BCUT2D eigenvalue weighted by atomic mass is 10.1. The van der Waals surface area contributed by atoms with Gasteiger partial charge >= 0.3 is 0 Å². The predicted octanol–water partition coefficient (Wildman–Crippen LogP) is 4.66. The Balaban J connectivity index is 1.92. The minimum Gasteiger partial charge on any atom is -0.309 e. The molecule has 152 valence electrons. The molecular weight excluding hydrogens is 382 g/mol. The fourth-order valence-corrected chi connectivity index (χ4v) is 4.18. The van der Waals surface area contributed by atoms with Crippen LogP contribution in [0.3, 0.4) is 0 Å². The number of anilines is 1. The number of carbonyl (C=O) groups excluding carboxylic acids is 2. The van der Waals surface area contributed by atoms with Crippen LogP contribution in [0.1, 0.15) is 46.5 Å². The van der Waals surface area contributed by atoms with E-state index < -0.39 is 0 Å². The van der Waals surface area contributed by atoms with Gasteiger partial charge in [-0.2, -0.15) is 0 Å². The molecular formula is C23H27N3O2S. The van der Waals surface area contributed by atoms with Crippen molar-refractivity contribution in [3.8, 4) is 0 Å². The smallest absolute Gasteiger partial charge is 0.260 e. The molecule has 0 aliphatic rings. The van der Waals surface area contributed by atoms with Gasteiger partial charge in [-0.25, -0.2) is 4.98 Å². The molecule has 0 bridgehead atoms. The lowest BCUT2D eigenvalue weighted by Gasteiger charge is -2.21. The van der Waals surface area contributed by atoms with E-state index in [1.807, 2.05) is 20.2 Å². The van der Waals surface area contributed by atoms with E-state index in [0.717, 1.165) is 29.6 Å². The highest BCUT2D eigenvalue weighted by molar-refractivity contribution is 7.22. The van der Waals surface area contributed by atoms with Gasteiger partial charge < -0.3 is 4.90 Å². The number of aryl methyl sites for hydroxylation is 1. The molecule has 0 radical (unpaired) electrons. The molecule has 1 amide bonds. The zero-order valence-corrected chi connectivity index (χ0v) is 18.3. The van der Waals surface area contributed by atoms with Crippen molar-refractivity contribution in [3.05, 3.63) is 59.2 Å². The second-order valence-corrected chi connectivity index (χ2v) is 8.41. The third kappa shape index (κ3) is 5.08. The third-order valence-electron chi connectivity index (χ3n) is 4.85. The molecule has 0 spiro atoms. The van der Waals surface area contributed by atoms with Crippen LogP contribution in [0.25, 0.3) is 10.2 Å². The van der Waals surface area contributed by atoms with Crippen molar-refractivity contribution >= 4 is 38.4 Å². The minimum absolute atomic E-state index is 0.00950. The Morgan fingerprint density at radius 2 is 1.69 bits per heavy atom. The number of thiazole rings is 1. The van der Waals surface area contributed by atoms with E-state index in [-0.39, 0.29) is 11.7 Å². The zero-order chi connectivity index (χ0) is 21.0. The zero-order valence-electron chi connectivity index (χ0n) is 17.4. The molecule has 0 aliphatic heterocycles. The molecule has 0 aliphatic carbocycles. The first-order valence-corrected chi connectivity index (χ1v) is 10.7. The number of rotatable bonds is 8. The van der Waals surface area contributed by atoms with Crippen molar-refractivity contribution in [1.29, 1.82) is 0 Å². The molecule has 29 heavy (non-hydrogen) atoms. The van der Waals surface area contributed by atoms with E-state index in [4.69, 9.17) is 4.98 Å². The van der Waals surface area contributed by atoms with Crippen LogP contribution >= 0.6 is 11.3 Å². The van der Waals surface area contributed by atoms with Gasteiger partial charge in [-0.05, 0) is 70.2 Å². The lowest BCUT2D eigenvalue weighted by Crippen LogP contribution is -2.33. The third-order valence-corrected chi connectivity index (χ3v) is 5.89. The minimum atomic E-state index is -0.0892. The normalized spacial score (nSPS) is 11.2. The maximum Gasteiger partial charge on any atom is 0.260 e. The number of ketones is 1. The number of nitrogens with zero attached hydrogens (tertiary/aromatic N) is 3. The van der Waals surface area contributed by atoms with Crippen LogP contribution < -0.4 is 4.90 Å². The summed E-state index contributed by atoms with van der Waals surface area (Å²) in [6.45, 7) is 5.13. The predicted molar refractivity (Wildman–Crippen MR) is 120 cm³/mol. The maximum atomic E-state index is 13.3. The van der Waals surface area contributed by atoms with E-state index in [2.05, 4.69) is 24.0 Å². The Morgan fingerprint density at radius 1 is 1.00 bits per heavy atom. The first kappa shape index (κ1) is 21.1. The van der Waals surface area contributed by atoms with Crippen molar-refractivity contribution in [2.45, 2.75) is 26.7 Å². The fraction of sp³-hybridized carbons (Fsp3) is 0.348. The maximum absolute atomic E-state index is 13.3. The van der Waals surface area contributed by atoms with Crippen molar-refractivity contribution < 1.29 is 9.59 Å². The van der Waals surface area contributed by atoms with Crippen LogP contribution in [0.5, 0.6) is 0 Å². The van der Waals surface area contributed by atoms with Gasteiger partial charge in [0.2, 0.25) is 0 Å². The number of benzene rings is 2. The first-order chi connectivity index (χ1) is 13.9. The van der Waals surface area contributed by atoms with Gasteiger partial charge in [0.25, 0.3) is 5.91 Å². The summed E-state index contributed by atoms with van der Waals surface area (Å²) in [6, 6.07) is 13.1. The number of amides is 1. The molecule has 0 saturated carbocycles. The average Bonchev–Trinajstić information content (AvgIpc) is 3.13. The summed E-state index contributed by atoms with van der Waals surface area (Å²) in [5.41, 5.74) is 3.35. The summed E-state index contributed by atoms with van der Waals surface area (Å²) in [5, 5.41) is 0.715. The van der Waals surface area contributed by atoms with Crippen molar-refractivity contribution in [2.24, 2.45) is 0 Å². The monoisotopic (exact) mass is 409 g/mol. The Labute approximate surface area is 176 Å². The van der Waals surface area contributed by atoms with E-state index in [9.17, 15) is 9.59 Å². The summed E-state index contributed by atoms with van der Waals surface area (Å²) in [6.07, 6.45) is 1.82. The summed E-state index contributed by atoms with van der Waals surface area (Å²) in [5.74, 6) is -0.0987. The molecule has 0 fully saturated rings. The Morgan fingerprint density at radius 3 is 2.31 bits per heavy atom. The molecule has 3 aromatic rings. The first-order valence-electron chi connectivity index (χ1n) is 9.86. The number of carbonyl (C=O) groups is 2. The largest absolute Gasteiger partial charge is 0.309 e. The highest BCUT2D eigenvalue weighted by atomic mass is 32.1. The molecule has 2 aromatic carbocycles. The van der Waals surface area contributed by atoms with Gasteiger partial charge in [0, 0.05) is 17.7 Å². The molecule has 1 aromatic heterocycles. The van der Waals surface area contributed by atoms with Crippen LogP contribution in [-0.2, 0) is 6.42 Å². The summed E-state index contributed by atoms with van der Waals surface area (Å²) in [4.78, 5) is 33.4. The summed E-state index contributed by atoms with van der Waals surface area (Å²) < 4.78 is 1.09. The van der Waals surface area contributed by atoms with Gasteiger partial charge in [-0.15, -0.1) is 0 Å². The van der Waals surface area contributed by atoms with Crippen molar-refractivity contribution in [2.75, 3.05) is 32.1 Å². The van der Waals surface area contributed by atoms with Crippen LogP contribution in [-0.4, -0.2) is 48.8 Å². The van der Waals surface area contributed by atoms with Crippen LogP contribution in [0.15, 0.2) is 42.5 Å². The molecule has 0 N–H and O–H groups in total. The Kier molecular flexibility index (Phi) is 6.77. The lowest BCUT2D eigenvalue weighted by molar-refractivity contribution is 0.0981. The van der Waals surface area contributed by atoms with Gasteiger partial charge in [-0.1, -0.05) is 36.5 Å². The van der Waals surface area contributed by atoms with E-state index in [0.29, 0.717) is 22.8 Å². The Bertz CT molecular complexity index is 1010. The number of fused-ring (bicyclic) bond motifs is 1. The summed E-state index contributed by atoms with van der Waals surface area (Å²) in [7, 11) is 4.05. The summed E-state index contributed by atoms with van der Waals surface area (Å²) >= 11 is 1.55. The van der Waals surface area contributed by atoms with Crippen molar-refractivity contribution in [1.82, 2.24) is 9.88 Å². The van der Waals surface area contributed by atoms with E-state index >= 15 is 0 Å². The van der Waals surface area contributed by atoms with Gasteiger partial charge in [0.1, 0.15) is 0 Å². The highest BCUT2D eigenvalue weighted by Crippen LogP contribution is 2.31. The van der Waals surface area contributed by atoms with Gasteiger partial charge in [0.15, 0.2) is 10.9 Å². The van der Waals surface area contributed by atoms with E-state index in [1.54, 1.807) is 40.5 Å². The molecule has 0 atom stereocenters. The second-order valence-electron chi connectivity index (χ2n) is 7.40. The second kappa shape index (κ2) is 9.29. The van der Waals surface area contributed by atoms with Crippen LogP contribution in [0, 0.1) is 0 Å². The highest BCUT2D eigenvalue weighted by Gasteiger charge is 2.21. The quantitative estimate of drug-likeness (QED) is 0.508. The molecule has 6 heteroatoms. The number of hydrogen-bond donors (Lipinski definition) is 0. The Hall–Kier alpha value is -2.57. The molecule has 0 saturated heterocycles. The molecule has 5 nitrogen and oxygen atoms in total. The average molecular weight is 410 g/mol. The van der Waals surface area contributed by atoms with Crippen LogP contribution in [0.4, 0.5) is 5.13 Å². The number of Topliss-reactive ketones (excluding diaryl/α,β-unsaturated/α-hetero) is 1. The standard InChI is InChI=1S/C23H27N3O2S/c1-5-17-7-12-20-21(15-17)29-23(24-20)26(14-6-13-25(3)4)22(28)19-10-8-18(9-11-19)16(2)27/h7-12,15H,5-6,13-14H2,1-4H3. The fourth-order valence-electron chi connectivity index (χ4n) is 3.12. The van der Waals surface area contributed by atoms with Crippen LogP contribution in [0.2, 0.25) is 0 Å². The number of aromatic nitrogens is 1. The molecule has 1 heterocycles. The van der Waals surface area contributed by atoms with Gasteiger partial charge in [0.05, 0.1) is 10.2 Å². The van der Waals surface area contributed by atoms with E-state index in [1.165, 1.54) is 12.5 Å². The number of hydrogen-bond acceptors (Lipinski definition) is 5. The van der Waals surface area contributed by atoms with Crippen molar-refractivity contribution in [3.63, 3.8) is 0 Å².